The molecule has 1 aliphatic carbocycles. The molecule has 1 heterocycles. The van der Waals surface area contributed by atoms with Crippen LogP contribution in [0.15, 0.2) is 47.4 Å². The van der Waals surface area contributed by atoms with Crippen molar-refractivity contribution in [3.63, 3.8) is 0 Å². The van der Waals surface area contributed by atoms with E-state index < -0.39 is 10.0 Å². The summed E-state index contributed by atoms with van der Waals surface area (Å²) in [6, 6.07) is 11.4. The Labute approximate surface area is 152 Å². The minimum Gasteiger partial charge on any atom is -0.508 e. The zero-order chi connectivity index (χ0) is 18.3. The van der Waals surface area contributed by atoms with E-state index in [1.807, 2.05) is 6.07 Å². The van der Waals surface area contributed by atoms with Crippen LogP contribution in [0.4, 0.5) is 0 Å². The SMILES string of the molecule is O=C(c1cccc(S(=O)(=O)NC2CC2)c1)N1CCc2ccc(O)cc2C1. The topological polar surface area (TPSA) is 86.7 Å². The van der Waals surface area contributed by atoms with Gasteiger partial charge >= 0.3 is 0 Å². The summed E-state index contributed by atoms with van der Waals surface area (Å²) >= 11 is 0. The third-order valence-electron chi connectivity index (χ3n) is 4.78. The molecule has 0 saturated heterocycles. The molecule has 0 unspecified atom stereocenters. The fourth-order valence-electron chi connectivity index (χ4n) is 3.18. The first kappa shape index (κ1) is 17.1. The van der Waals surface area contributed by atoms with Gasteiger partial charge in [-0.1, -0.05) is 12.1 Å². The Balaban J connectivity index is 1.56. The molecular weight excluding hydrogens is 352 g/mol. The Morgan fingerprint density at radius 1 is 1.12 bits per heavy atom. The number of hydrogen-bond donors (Lipinski definition) is 2. The van der Waals surface area contributed by atoms with Crippen LogP contribution in [0.1, 0.15) is 34.3 Å². The molecule has 4 rings (SSSR count). The summed E-state index contributed by atoms with van der Waals surface area (Å²) in [6.45, 7) is 0.966. The molecule has 1 amide bonds. The minimum absolute atomic E-state index is 0.0191. The lowest BCUT2D eigenvalue weighted by molar-refractivity contribution is 0.0734. The fraction of sp³-hybridized carbons (Fsp3) is 0.316. The average Bonchev–Trinajstić information content (AvgIpc) is 3.44. The quantitative estimate of drug-likeness (QED) is 0.860. The smallest absolute Gasteiger partial charge is 0.254 e. The zero-order valence-corrected chi connectivity index (χ0v) is 15.0. The van der Waals surface area contributed by atoms with Crippen molar-refractivity contribution >= 4 is 15.9 Å². The number of aromatic hydroxyl groups is 1. The van der Waals surface area contributed by atoms with E-state index in [0.29, 0.717) is 25.1 Å². The number of nitrogens with zero attached hydrogens (tertiary/aromatic N) is 1. The van der Waals surface area contributed by atoms with Crippen LogP contribution in [0.5, 0.6) is 5.75 Å². The third-order valence-corrected chi connectivity index (χ3v) is 6.30. The van der Waals surface area contributed by atoms with Gasteiger partial charge in [0.1, 0.15) is 5.75 Å². The standard InChI is InChI=1S/C19H20N2O4S/c22-17-7-4-13-8-9-21(12-15(13)10-17)19(23)14-2-1-3-18(11-14)26(24,25)20-16-5-6-16/h1-4,7,10-11,16,20,22H,5-6,8-9,12H2. The van der Waals surface area contributed by atoms with E-state index in [4.69, 9.17) is 0 Å². The Hall–Kier alpha value is -2.38. The second kappa shape index (κ2) is 6.41. The summed E-state index contributed by atoms with van der Waals surface area (Å²) in [5.41, 5.74) is 2.40. The first-order valence-corrected chi connectivity index (χ1v) is 10.1. The lowest BCUT2D eigenvalue weighted by atomic mass is 9.99. The van der Waals surface area contributed by atoms with Crippen LogP contribution >= 0.6 is 0 Å². The maximum atomic E-state index is 12.9. The summed E-state index contributed by atoms with van der Waals surface area (Å²) in [6.07, 6.45) is 2.43. The number of nitrogens with one attached hydrogen (secondary N) is 1. The number of fused-ring (bicyclic) bond motifs is 1. The lowest BCUT2D eigenvalue weighted by Gasteiger charge is -2.29. The van der Waals surface area contributed by atoms with Gasteiger partial charge in [0.2, 0.25) is 10.0 Å². The summed E-state index contributed by atoms with van der Waals surface area (Å²) in [5, 5.41) is 9.66. The lowest BCUT2D eigenvalue weighted by Crippen LogP contribution is -2.36. The Morgan fingerprint density at radius 2 is 1.92 bits per heavy atom. The molecule has 136 valence electrons. The first-order chi connectivity index (χ1) is 12.4. The molecule has 6 nitrogen and oxygen atoms in total. The monoisotopic (exact) mass is 372 g/mol. The maximum Gasteiger partial charge on any atom is 0.254 e. The van der Waals surface area contributed by atoms with E-state index in [0.717, 1.165) is 24.0 Å². The van der Waals surface area contributed by atoms with Gasteiger partial charge in [0, 0.05) is 24.7 Å². The van der Waals surface area contributed by atoms with Crippen LogP contribution < -0.4 is 4.72 Å². The average molecular weight is 372 g/mol. The second-order valence-corrected chi connectivity index (χ2v) is 8.57. The summed E-state index contributed by atoms with van der Waals surface area (Å²) in [5.74, 6) is -0.0280. The molecule has 0 radical (unpaired) electrons. The van der Waals surface area contributed by atoms with Gasteiger partial charge in [0.05, 0.1) is 4.90 Å². The number of carbonyl (C=O) groups is 1. The molecule has 2 aromatic rings. The van der Waals surface area contributed by atoms with Gasteiger partial charge in [0.15, 0.2) is 0 Å². The summed E-state index contributed by atoms with van der Waals surface area (Å²) in [4.78, 5) is 14.7. The molecule has 0 atom stereocenters. The van der Waals surface area contributed by atoms with Gasteiger partial charge in [-0.3, -0.25) is 4.79 Å². The van der Waals surface area contributed by atoms with E-state index in [-0.39, 0.29) is 22.6 Å². The fourth-order valence-corrected chi connectivity index (χ4v) is 4.53. The highest BCUT2D eigenvalue weighted by molar-refractivity contribution is 7.89. The van der Waals surface area contributed by atoms with Crippen LogP contribution in [0.3, 0.4) is 0 Å². The van der Waals surface area contributed by atoms with Crippen molar-refractivity contribution in [1.82, 2.24) is 9.62 Å². The maximum absolute atomic E-state index is 12.9. The van der Waals surface area contributed by atoms with E-state index in [9.17, 15) is 18.3 Å². The number of amides is 1. The molecule has 2 aromatic carbocycles. The number of phenols is 1. The molecule has 0 spiro atoms. The molecule has 1 saturated carbocycles. The zero-order valence-electron chi connectivity index (χ0n) is 14.2. The highest BCUT2D eigenvalue weighted by Gasteiger charge is 2.29. The highest BCUT2D eigenvalue weighted by Crippen LogP contribution is 2.25. The van der Waals surface area contributed by atoms with Gasteiger partial charge in [-0.05, 0) is 60.7 Å². The van der Waals surface area contributed by atoms with Crippen LogP contribution in [0.2, 0.25) is 0 Å². The van der Waals surface area contributed by atoms with Crippen LogP contribution in [0, 0.1) is 0 Å². The van der Waals surface area contributed by atoms with Gasteiger partial charge < -0.3 is 10.0 Å². The molecule has 0 bridgehead atoms. The van der Waals surface area contributed by atoms with Crippen molar-refractivity contribution in [2.75, 3.05) is 6.54 Å². The first-order valence-electron chi connectivity index (χ1n) is 8.65. The van der Waals surface area contributed by atoms with Gasteiger partial charge in [-0.2, -0.15) is 0 Å². The number of phenolic OH excluding ortho intramolecular Hbond substituents is 1. The van der Waals surface area contributed by atoms with E-state index in [1.54, 1.807) is 29.2 Å². The highest BCUT2D eigenvalue weighted by atomic mass is 32.2. The molecule has 0 aromatic heterocycles. The van der Waals surface area contributed by atoms with Crippen molar-refractivity contribution < 1.29 is 18.3 Å². The third kappa shape index (κ3) is 3.45. The van der Waals surface area contributed by atoms with E-state index in [1.165, 1.54) is 12.1 Å². The predicted molar refractivity (Wildman–Crippen MR) is 96.3 cm³/mol. The normalized spacial score (nSPS) is 17.0. The molecule has 26 heavy (non-hydrogen) atoms. The van der Waals surface area contributed by atoms with Gasteiger partial charge in [0.25, 0.3) is 5.91 Å². The van der Waals surface area contributed by atoms with E-state index >= 15 is 0 Å². The van der Waals surface area contributed by atoms with Crippen LogP contribution in [-0.4, -0.2) is 36.9 Å². The van der Waals surface area contributed by atoms with Crippen molar-refractivity contribution in [2.45, 2.75) is 36.7 Å². The Bertz CT molecular complexity index is 967. The van der Waals surface area contributed by atoms with Crippen molar-refractivity contribution in [1.29, 1.82) is 0 Å². The van der Waals surface area contributed by atoms with Crippen molar-refractivity contribution in [2.24, 2.45) is 0 Å². The summed E-state index contributed by atoms with van der Waals surface area (Å²) in [7, 11) is -3.59. The molecule has 7 heteroatoms. The molecule has 2 N–H and O–H groups in total. The molecular formula is C19H20N2O4S. The Kier molecular flexibility index (Phi) is 4.20. The van der Waals surface area contributed by atoms with Crippen molar-refractivity contribution in [3.05, 3.63) is 59.2 Å². The predicted octanol–water partition coefficient (Wildman–Crippen LogP) is 2.03. The van der Waals surface area contributed by atoms with Gasteiger partial charge in [-0.15, -0.1) is 0 Å². The molecule has 1 fully saturated rings. The van der Waals surface area contributed by atoms with Crippen LogP contribution in [-0.2, 0) is 23.0 Å². The largest absolute Gasteiger partial charge is 0.508 e. The number of sulfonamides is 1. The number of carbonyl (C=O) groups excluding carboxylic acids is 1. The van der Waals surface area contributed by atoms with Crippen molar-refractivity contribution in [3.8, 4) is 5.75 Å². The van der Waals surface area contributed by atoms with E-state index in [2.05, 4.69) is 4.72 Å². The summed E-state index contributed by atoms with van der Waals surface area (Å²) < 4.78 is 27.4. The van der Waals surface area contributed by atoms with Crippen LogP contribution in [0.25, 0.3) is 0 Å². The number of rotatable bonds is 4. The molecule has 1 aliphatic heterocycles. The second-order valence-electron chi connectivity index (χ2n) is 6.85. The number of hydrogen-bond acceptors (Lipinski definition) is 4. The van der Waals surface area contributed by atoms with Gasteiger partial charge in [-0.25, -0.2) is 13.1 Å². The Morgan fingerprint density at radius 3 is 2.69 bits per heavy atom. The minimum atomic E-state index is -3.59. The molecule has 2 aliphatic rings. The number of benzene rings is 2.